The van der Waals surface area contributed by atoms with Crippen LogP contribution in [-0.2, 0) is 4.79 Å². The molecule has 0 atom stereocenters. The Morgan fingerprint density at radius 1 is 1.32 bits per heavy atom. The lowest BCUT2D eigenvalue weighted by molar-refractivity contribution is -0.115. The summed E-state index contributed by atoms with van der Waals surface area (Å²) in [7, 11) is 0. The number of aromatic carboxylic acids is 1. The standard InChI is InChI=1S/C15H10N2O3S2/c18-13-12(22-15(21)16-13)8-11-5-2-6-17(11)10-4-1-3-9(7-10)14(19)20/h1-8H,(H,19,20)(H,16,18,21). The van der Waals surface area contributed by atoms with Gasteiger partial charge in [0, 0.05) is 17.6 Å². The monoisotopic (exact) mass is 330 g/mol. The molecule has 2 heterocycles. The number of thiocarbonyl (C=S) groups is 1. The summed E-state index contributed by atoms with van der Waals surface area (Å²) in [6.45, 7) is 0. The first kappa shape index (κ1) is 14.6. The molecule has 1 fully saturated rings. The van der Waals surface area contributed by atoms with Gasteiger partial charge in [0.1, 0.15) is 4.32 Å². The summed E-state index contributed by atoms with van der Waals surface area (Å²) >= 11 is 6.17. The van der Waals surface area contributed by atoms with Crippen molar-refractivity contribution in [1.29, 1.82) is 0 Å². The minimum absolute atomic E-state index is 0.207. The van der Waals surface area contributed by atoms with E-state index in [-0.39, 0.29) is 11.5 Å². The first-order valence-corrected chi connectivity index (χ1v) is 7.53. The predicted molar refractivity (Wildman–Crippen MR) is 89.0 cm³/mol. The van der Waals surface area contributed by atoms with Crippen molar-refractivity contribution in [1.82, 2.24) is 9.88 Å². The van der Waals surface area contributed by atoms with Crippen molar-refractivity contribution in [3.8, 4) is 5.69 Å². The number of nitrogens with zero attached hydrogens (tertiary/aromatic N) is 1. The topological polar surface area (TPSA) is 71.3 Å². The average Bonchev–Trinajstić information content (AvgIpc) is 3.06. The van der Waals surface area contributed by atoms with E-state index in [1.54, 1.807) is 24.3 Å². The number of nitrogens with one attached hydrogen (secondary N) is 1. The molecule has 110 valence electrons. The van der Waals surface area contributed by atoms with Crippen molar-refractivity contribution in [2.24, 2.45) is 0 Å². The summed E-state index contributed by atoms with van der Waals surface area (Å²) in [6.07, 6.45) is 3.54. The highest BCUT2D eigenvalue weighted by Crippen LogP contribution is 2.27. The first-order valence-electron chi connectivity index (χ1n) is 6.30. The van der Waals surface area contributed by atoms with E-state index in [9.17, 15) is 9.59 Å². The summed E-state index contributed by atoms with van der Waals surface area (Å²) < 4.78 is 2.25. The van der Waals surface area contributed by atoms with E-state index in [1.165, 1.54) is 17.8 Å². The van der Waals surface area contributed by atoms with Crippen LogP contribution in [0.25, 0.3) is 11.8 Å². The van der Waals surface area contributed by atoms with Gasteiger partial charge in [-0.05, 0) is 36.4 Å². The first-order chi connectivity index (χ1) is 10.5. The third kappa shape index (κ3) is 2.81. The molecule has 0 spiro atoms. The average molecular weight is 330 g/mol. The molecule has 1 amide bonds. The van der Waals surface area contributed by atoms with E-state index in [4.69, 9.17) is 17.3 Å². The Bertz CT molecular complexity index is 824. The number of benzene rings is 1. The van der Waals surface area contributed by atoms with E-state index in [2.05, 4.69) is 5.32 Å². The smallest absolute Gasteiger partial charge is 0.335 e. The van der Waals surface area contributed by atoms with E-state index in [0.29, 0.717) is 14.9 Å². The van der Waals surface area contributed by atoms with Crippen LogP contribution in [0.4, 0.5) is 0 Å². The van der Waals surface area contributed by atoms with Crippen LogP contribution < -0.4 is 5.32 Å². The lowest BCUT2D eigenvalue weighted by Crippen LogP contribution is -2.17. The molecule has 1 saturated heterocycles. The van der Waals surface area contributed by atoms with Crippen LogP contribution in [0, 0.1) is 0 Å². The van der Waals surface area contributed by atoms with Crippen LogP contribution in [-0.4, -0.2) is 25.9 Å². The van der Waals surface area contributed by atoms with Gasteiger partial charge in [0.15, 0.2) is 0 Å². The number of carboxylic acid groups (broad SMARTS) is 1. The molecule has 0 unspecified atom stereocenters. The molecule has 7 heteroatoms. The van der Waals surface area contributed by atoms with Crippen molar-refractivity contribution < 1.29 is 14.7 Å². The van der Waals surface area contributed by atoms with Gasteiger partial charge in [0.2, 0.25) is 0 Å². The van der Waals surface area contributed by atoms with Crippen LogP contribution in [0.15, 0.2) is 47.5 Å². The molecule has 1 aliphatic rings. The Labute approximate surface area is 135 Å². The number of thioether (sulfide) groups is 1. The van der Waals surface area contributed by atoms with Crippen molar-refractivity contribution in [3.63, 3.8) is 0 Å². The molecule has 1 aliphatic heterocycles. The molecule has 1 aromatic carbocycles. The highest BCUT2D eigenvalue weighted by atomic mass is 32.2. The second-order valence-corrected chi connectivity index (χ2v) is 6.23. The van der Waals surface area contributed by atoms with Crippen molar-refractivity contribution in [3.05, 3.63) is 58.8 Å². The Hall–Kier alpha value is -2.38. The third-order valence-electron chi connectivity index (χ3n) is 3.07. The fourth-order valence-electron chi connectivity index (χ4n) is 2.09. The summed E-state index contributed by atoms with van der Waals surface area (Å²) in [4.78, 5) is 23.3. The zero-order valence-corrected chi connectivity index (χ0v) is 12.8. The summed E-state index contributed by atoms with van der Waals surface area (Å²) in [5.74, 6) is -1.20. The maximum absolute atomic E-state index is 11.7. The number of hydrogen-bond acceptors (Lipinski definition) is 4. The van der Waals surface area contributed by atoms with E-state index < -0.39 is 5.97 Å². The van der Waals surface area contributed by atoms with E-state index >= 15 is 0 Å². The Morgan fingerprint density at radius 3 is 2.82 bits per heavy atom. The fraction of sp³-hybridized carbons (Fsp3) is 0. The van der Waals surface area contributed by atoms with Crippen molar-refractivity contribution in [2.75, 3.05) is 0 Å². The second-order valence-electron chi connectivity index (χ2n) is 4.51. The molecule has 0 aliphatic carbocycles. The number of carbonyl (C=O) groups excluding carboxylic acids is 1. The van der Waals surface area contributed by atoms with Gasteiger partial charge in [0.05, 0.1) is 10.5 Å². The Morgan fingerprint density at radius 2 is 2.14 bits per heavy atom. The minimum Gasteiger partial charge on any atom is -0.478 e. The molecule has 0 bridgehead atoms. The highest BCUT2D eigenvalue weighted by molar-refractivity contribution is 8.26. The largest absolute Gasteiger partial charge is 0.478 e. The fourth-order valence-corrected chi connectivity index (χ4v) is 3.12. The van der Waals surface area contributed by atoms with Gasteiger partial charge >= 0.3 is 5.97 Å². The molecule has 0 saturated carbocycles. The van der Waals surface area contributed by atoms with Crippen LogP contribution in [0.5, 0.6) is 0 Å². The maximum Gasteiger partial charge on any atom is 0.335 e. The van der Waals surface area contributed by atoms with Crippen molar-refractivity contribution >= 4 is 46.3 Å². The Balaban J connectivity index is 2.01. The van der Waals surface area contributed by atoms with Gasteiger partial charge in [-0.15, -0.1) is 0 Å². The molecular formula is C15H10N2O3S2. The van der Waals surface area contributed by atoms with E-state index in [0.717, 1.165) is 5.69 Å². The molecule has 3 rings (SSSR count). The third-order valence-corrected chi connectivity index (χ3v) is 4.24. The molecule has 2 N–H and O–H groups in total. The normalized spacial score (nSPS) is 16.1. The number of hydrogen-bond donors (Lipinski definition) is 2. The summed E-state index contributed by atoms with van der Waals surface area (Å²) in [5, 5.41) is 11.6. The Kier molecular flexibility index (Phi) is 3.82. The van der Waals surface area contributed by atoms with Gasteiger partial charge in [-0.1, -0.05) is 30.0 Å². The van der Waals surface area contributed by atoms with Crippen molar-refractivity contribution in [2.45, 2.75) is 0 Å². The van der Waals surface area contributed by atoms with Gasteiger partial charge in [0.25, 0.3) is 5.91 Å². The van der Waals surface area contributed by atoms with Crippen LogP contribution >= 0.6 is 24.0 Å². The van der Waals surface area contributed by atoms with Gasteiger partial charge < -0.3 is 15.0 Å². The van der Waals surface area contributed by atoms with Crippen LogP contribution in [0.3, 0.4) is 0 Å². The lowest BCUT2D eigenvalue weighted by Gasteiger charge is -2.07. The zero-order valence-electron chi connectivity index (χ0n) is 11.1. The molecule has 5 nitrogen and oxygen atoms in total. The number of rotatable bonds is 3. The number of carboxylic acids is 1. The number of carbonyl (C=O) groups is 2. The predicted octanol–water partition coefficient (Wildman–Crippen LogP) is 2.66. The molecule has 2 aromatic rings. The molecule has 1 aromatic heterocycles. The SMILES string of the molecule is O=C1NC(=S)SC1=Cc1cccn1-c1cccc(C(=O)O)c1. The van der Waals surface area contributed by atoms with Crippen LogP contribution in [0.1, 0.15) is 16.1 Å². The molecule has 22 heavy (non-hydrogen) atoms. The lowest BCUT2D eigenvalue weighted by atomic mass is 10.2. The highest BCUT2D eigenvalue weighted by Gasteiger charge is 2.22. The second kappa shape index (κ2) is 5.78. The molecule has 0 radical (unpaired) electrons. The van der Waals surface area contributed by atoms with Gasteiger partial charge in [-0.3, -0.25) is 4.79 Å². The molecular weight excluding hydrogens is 320 g/mol. The van der Waals surface area contributed by atoms with Gasteiger partial charge in [-0.25, -0.2) is 4.79 Å². The summed E-state index contributed by atoms with van der Waals surface area (Å²) in [6, 6.07) is 10.3. The number of amides is 1. The maximum atomic E-state index is 11.7. The zero-order chi connectivity index (χ0) is 15.7. The quantitative estimate of drug-likeness (QED) is 0.669. The number of aromatic nitrogens is 1. The minimum atomic E-state index is -0.981. The van der Waals surface area contributed by atoms with Gasteiger partial charge in [-0.2, -0.15) is 0 Å². The van der Waals surface area contributed by atoms with E-state index in [1.807, 2.05) is 22.9 Å². The van der Waals surface area contributed by atoms with Crippen LogP contribution in [0.2, 0.25) is 0 Å². The summed E-state index contributed by atoms with van der Waals surface area (Å²) in [5.41, 5.74) is 1.69.